The third-order valence-electron chi connectivity index (χ3n) is 19.6. The van der Waals surface area contributed by atoms with Crippen LogP contribution in [0.2, 0.25) is 0 Å². The van der Waals surface area contributed by atoms with Crippen LogP contribution in [0.1, 0.15) is 133 Å². The average molecular weight is 1480 g/mol. The first kappa shape index (κ1) is 85.3. The van der Waals surface area contributed by atoms with E-state index in [0.29, 0.717) is 0 Å². The summed E-state index contributed by atoms with van der Waals surface area (Å²) in [5.41, 5.74) is 20.5. The fourth-order valence-electron chi connectivity index (χ4n) is 13.4. The number of rotatable bonds is 7. The molecule has 0 aliphatic rings. The maximum Gasteiger partial charge on any atom is -0.00992 e. The van der Waals surface area contributed by atoms with Crippen LogP contribution in [-0.2, 0) is 0 Å². The van der Waals surface area contributed by atoms with Crippen LogP contribution in [0.5, 0.6) is 0 Å². The summed E-state index contributed by atoms with van der Waals surface area (Å²) < 4.78 is 0. The van der Waals surface area contributed by atoms with Crippen molar-refractivity contribution in [2.24, 2.45) is 0 Å². The first-order chi connectivity index (χ1) is 55.8. The molecule has 0 aliphatic heterocycles. The fraction of sp³-hybridized carbons (Fsp3) is 0.140. The van der Waals surface area contributed by atoms with Crippen LogP contribution < -0.4 is 0 Å². The summed E-state index contributed by atoms with van der Waals surface area (Å²) in [4.78, 5) is 0. The number of benzene rings is 18. The zero-order valence-electron chi connectivity index (χ0n) is 70.1. The minimum atomic E-state index is 1.21. The Morgan fingerprint density at radius 1 is 0.140 bits per heavy atom. The lowest BCUT2D eigenvalue weighted by molar-refractivity contribution is 1.46. The van der Waals surface area contributed by atoms with Gasteiger partial charge in [0, 0.05) is 0 Å². The van der Waals surface area contributed by atoms with Gasteiger partial charge in [-0.1, -0.05) is 465 Å². The summed E-state index contributed by atoms with van der Waals surface area (Å²) in [5.74, 6) is 0. The van der Waals surface area contributed by atoms with Gasteiger partial charge in [0.05, 0.1) is 0 Å². The van der Waals surface area contributed by atoms with Crippen LogP contribution in [0.15, 0.2) is 364 Å². The van der Waals surface area contributed by atoms with Crippen LogP contribution in [-0.4, -0.2) is 0 Å². The molecule has 0 fully saturated rings. The van der Waals surface area contributed by atoms with Crippen LogP contribution in [0.25, 0.3) is 134 Å². The normalized spacial score (nSPS) is 10.5. The zero-order valence-corrected chi connectivity index (χ0v) is 70.1. The van der Waals surface area contributed by atoms with Gasteiger partial charge in [-0.2, -0.15) is 0 Å². The predicted molar refractivity (Wildman–Crippen MR) is 514 cm³/mol. The largest absolute Gasteiger partial charge is 0.0683 e. The van der Waals surface area contributed by atoms with Crippen LogP contribution in [0, 0.1) is 55.4 Å². The van der Waals surface area contributed by atoms with Crippen LogP contribution in [0.3, 0.4) is 0 Å². The van der Waals surface area contributed by atoms with E-state index >= 15 is 0 Å². The molecule has 0 radical (unpaired) electrons. The van der Waals surface area contributed by atoms with Crippen molar-refractivity contribution < 1.29 is 0 Å². The topological polar surface area (TPSA) is 0 Å². The fourth-order valence-corrected chi connectivity index (χ4v) is 13.4. The van der Waals surface area contributed by atoms with E-state index < -0.39 is 0 Å². The lowest BCUT2D eigenvalue weighted by atomic mass is 9.94. The second-order valence-electron chi connectivity index (χ2n) is 27.9. The highest BCUT2D eigenvalue weighted by Gasteiger charge is 2.08. The van der Waals surface area contributed by atoms with Gasteiger partial charge in [-0.25, -0.2) is 0 Å². The number of hydrogen-bond donors (Lipinski definition) is 0. The molecule has 0 atom stereocenters. The molecular weight excluding hydrogens is 1370 g/mol. The third-order valence-corrected chi connectivity index (χ3v) is 19.6. The Balaban J connectivity index is 0.000000155. The highest BCUT2D eigenvalue weighted by Crippen LogP contribution is 2.35. The van der Waals surface area contributed by atoms with E-state index in [1.165, 1.54) is 175 Å². The molecule has 0 saturated heterocycles. The van der Waals surface area contributed by atoms with Gasteiger partial charge in [0.1, 0.15) is 0 Å². The molecule has 18 aromatic rings. The van der Waals surface area contributed by atoms with Crippen molar-refractivity contribution in [1.82, 2.24) is 0 Å². The van der Waals surface area contributed by atoms with E-state index in [2.05, 4.69) is 456 Å². The Bertz CT molecular complexity index is 5720. The van der Waals surface area contributed by atoms with Gasteiger partial charge in [0.15, 0.2) is 0 Å². The van der Waals surface area contributed by atoms with Gasteiger partial charge in [-0.3, -0.25) is 0 Å². The zero-order chi connectivity index (χ0) is 81.1. The second kappa shape index (κ2) is 44.3. The molecule has 0 bridgehead atoms. The second-order valence-corrected chi connectivity index (χ2v) is 27.9. The molecule has 0 aromatic heterocycles. The molecule has 0 aliphatic carbocycles. The molecule has 570 valence electrons. The molecule has 0 heteroatoms. The highest BCUT2D eigenvalue weighted by atomic mass is 14.1. The molecule has 0 nitrogen and oxygen atoms in total. The maximum absolute atomic E-state index is 2.30. The van der Waals surface area contributed by atoms with Crippen molar-refractivity contribution in [3.05, 3.63) is 442 Å². The minimum absolute atomic E-state index is 1.21. The van der Waals surface area contributed by atoms with Crippen molar-refractivity contribution in [3.8, 4) is 11.1 Å². The van der Waals surface area contributed by atoms with E-state index in [-0.39, 0.29) is 0 Å². The molecule has 0 amide bonds. The number of aryl methyl sites for hydroxylation is 8. The van der Waals surface area contributed by atoms with E-state index in [1.807, 2.05) is 55.4 Å². The third kappa shape index (κ3) is 24.1. The molecule has 0 N–H and O–H groups in total. The van der Waals surface area contributed by atoms with Gasteiger partial charge >= 0.3 is 0 Å². The van der Waals surface area contributed by atoms with Gasteiger partial charge in [-0.15, -0.1) is 0 Å². The van der Waals surface area contributed by atoms with E-state index in [1.54, 1.807) is 0 Å². The van der Waals surface area contributed by atoms with Gasteiger partial charge < -0.3 is 0 Å². The van der Waals surface area contributed by atoms with Gasteiger partial charge in [0.2, 0.25) is 0 Å². The Kier molecular flexibility index (Phi) is 33.2. The molecule has 114 heavy (non-hydrogen) atoms. The van der Waals surface area contributed by atoms with Crippen LogP contribution >= 0.6 is 0 Å². The average Bonchev–Trinajstić information content (AvgIpc) is 0.879. The van der Waals surface area contributed by atoms with Crippen molar-refractivity contribution in [2.45, 2.75) is 111 Å². The van der Waals surface area contributed by atoms with E-state index in [9.17, 15) is 0 Å². The Labute approximate surface area is 681 Å². The van der Waals surface area contributed by atoms with Crippen LogP contribution in [0.4, 0.5) is 0 Å². The first-order valence-corrected chi connectivity index (χ1v) is 40.8. The summed E-state index contributed by atoms with van der Waals surface area (Å²) in [7, 11) is 0. The number of hydrogen-bond acceptors (Lipinski definition) is 0. The molecule has 0 unspecified atom stereocenters. The summed E-state index contributed by atoms with van der Waals surface area (Å²) in [6.45, 7) is 33.1. The summed E-state index contributed by atoms with van der Waals surface area (Å²) in [6, 6.07) is 130. The monoisotopic (exact) mass is 1480 g/mol. The summed E-state index contributed by atoms with van der Waals surface area (Å²) in [6.07, 6.45) is 12.9. The minimum Gasteiger partial charge on any atom is -0.0683 e. The first-order valence-electron chi connectivity index (χ1n) is 40.8. The quantitative estimate of drug-likeness (QED) is 0.0848. The molecule has 0 heterocycles. The number of fused-ring (bicyclic) bond motifs is 9. The molecule has 0 spiro atoms. The van der Waals surface area contributed by atoms with Crippen molar-refractivity contribution in [1.29, 1.82) is 0 Å². The predicted octanol–water partition coefficient (Wildman–Crippen LogP) is 34.1. The highest BCUT2D eigenvalue weighted by molar-refractivity contribution is 6.08. The van der Waals surface area contributed by atoms with Gasteiger partial charge in [0.25, 0.3) is 0 Å². The Morgan fingerprint density at radius 3 is 0.640 bits per heavy atom. The summed E-state index contributed by atoms with van der Waals surface area (Å²) >= 11 is 0. The van der Waals surface area contributed by atoms with Gasteiger partial charge in [-0.05, 0) is 221 Å². The van der Waals surface area contributed by atoms with E-state index in [0.717, 1.165) is 0 Å². The maximum atomic E-state index is 2.30. The lowest BCUT2D eigenvalue weighted by Gasteiger charge is -2.10. The summed E-state index contributed by atoms with van der Waals surface area (Å²) in [5, 5.41) is 21.2. The molecule has 0 saturated carbocycles. The van der Waals surface area contributed by atoms with Crippen molar-refractivity contribution in [3.63, 3.8) is 0 Å². The smallest absolute Gasteiger partial charge is 0.00992 e. The Hall–Kier alpha value is -12.7. The van der Waals surface area contributed by atoms with Crippen molar-refractivity contribution in [2.75, 3.05) is 0 Å². The van der Waals surface area contributed by atoms with E-state index in [4.69, 9.17) is 0 Å². The SMILES string of the molecule is CC.CC.CC.CC.Cc1ccc(/C=C/c2ccc(/C=C/c3ccc(C)cc3)cc2)cc1.Cc1ccc(/C=C/c2ccc(C)cc2)cc1.Cc1ccc(C)c2cc3ccccc3cc12.Cc1ccc2cc3cc(C)ccc3cc2c1.c1ccc2c(-c3cccc4ccccc34)cccc2c1.c1ccc2c(c1)ccc1ccccc12. The Morgan fingerprint density at radius 2 is 0.351 bits per heavy atom. The molecule has 18 rings (SSSR count). The lowest BCUT2D eigenvalue weighted by Crippen LogP contribution is -1.83. The molecule has 18 aromatic carbocycles. The standard InChI is InChI=1S/C24H22.C20H14.2C16H14.C16H16.C14H10.4C2H6/c1-19-3-7-21(8-4-19)11-13-23-15-17-24(18-16-23)14-12-22-9-5-20(2)6-10-22;1-3-11-17-15(7-1)9-5-13-19(17)20-14-6-10-16-8-2-4-12-18(16)20;1-11-3-5-13-10-16-8-12(2)4-6-14(16)9-15(13)7-11;1-11-7-8-12(2)16-10-14-6-4-3-5-13(14)9-15(11)16;1-13-3-7-15(8-4-13)11-12-16-9-5-14(2)6-10-16;1-3-7-13-11(5-1)9-10-12-6-2-4-8-14(12)13;4*1-2/h3-18H,1-2H3;1-14H;2*3-10H,1-2H3;3-12H,1-2H3;1-10H;4*1-2H3/b13-11+,14-12+;;;;12-11+;;;;;. The van der Waals surface area contributed by atoms with Crippen molar-refractivity contribution >= 4 is 123 Å². The molecular formula is C114H114.